The molecule has 0 unspecified atom stereocenters. The fourth-order valence-electron chi connectivity index (χ4n) is 2.82. The van der Waals surface area contributed by atoms with Gasteiger partial charge in [-0.05, 0) is 30.7 Å². The van der Waals surface area contributed by atoms with Gasteiger partial charge in [0.25, 0.3) is 5.69 Å². The lowest BCUT2D eigenvalue weighted by Crippen LogP contribution is -2.06. The Labute approximate surface area is 156 Å². The van der Waals surface area contributed by atoms with Gasteiger partial charge in [0.1, 0.15) is 11.4 Å². The van der Waals surface area contributed by atoms with Crippen LogP contribution >= 0.6 is 0 Å². The number of methoxy groups -OCH3 is 1. The number of nitro benzene ring substituents is 1. The number of hydrogen-bond donors (Lipinski definition) is 1. The Morgan fingerprint density at radius 2 is 1.70 bits per heavy atom. The molecule has 0 spiro atoms. The van der Waals surface area contributed by atoms with E-state index in [1.807, 2.05) is 25.1 Å². The number of ether oxygens (including phenoxy) is 1. The fraction of sp³-hybridized carbons (Fsp3) is 0.0952. The highest BCUT2D eigenvalue weighted by molar-refractivity contribution is 6.11. The van der Waals surface area contributed by atoms with Gasteiger partial charge < -0.3 is 10.1 Å². The number of carbonyl (C=O) groups is 1. The summed E-state index contributed by atoms with van der Waals surface area (Å²) >= 11 is 0. The van der Waals surface area contributed by atoms with Gasteiger partial charge in [-0.15, -0.1) is 0 Å². The van der Waals surface area contributed by atoms with Gasteiger partial charge in [0.05, 0.1) is 17.6 Å². The molecule has 3 aromatic rings. The second-order valence-corrected chi connectivity index (χ2v) is 5.96. The smallest absolute Gasteiger partial charge is 0.292 e. The maximum Gasteiger partial charge on any atom is 0.292 e. The molecule has 3 rings (SSSR count). The highest BCUT2D eigenvalue weighted by Gasteiger charge is 2.18. The Kier molecular flexibility index (Phi) is 5.17. The number of anilines is 2. The summed E-state index contributed by atoms with van der Waals surface area (Å²) in [6, 6.07) is 18.7. The number of ketones is 1. The molecular formula is C21H18N2O4. The lowest BCUT2D eigenvalue weighted by atomic mass is 9.98. The molecule has 6 nitrogen and oxygen atoms in total. The largest absolute Gasteiger partial charge is 0.496 e. The minimum atomic E-state index is -0.449. The van der Waals surface area contributed by atoms with E-state index in [-0.39, 0.29) is 11.5 Å². The highest BCUT2D eigenvalue weighted by Crippen LogP contribution is 2.31. The first kappa shape index (κ1) is 18.1. The molecule has 27 heavy (non-hydrogen) atoms. The molecule has 6 heteroatoms. The van der Waals surface area contributed by atoms with Crippen LogP contribution in [0.3, 0.4) is 0 Å². The van der Waals surface area contributed by atoms with Crippen LogP contribution in [0, 0.1) is 17.0 Å². The molecule has 1 N–H and O–H groups in total. The maximum atomic E-state index is 12.9. The molecule has 0 radical (unpaired) electrons. The van der Waals surface area contributed by atoms with Gasteiger partial charge in [0.15, 0.2) is 5.78 Å². The summed E-state index contributed by atoms with van der Waals surface area (Å²) in [7, 11) is 1.48. The number of nitrogens with zero attached hydrogens (tertiary/aromatic N) is 1. The van der Waals surface area contributed by atoms with Gasteiger partial charge in [-0.25, -0.2) is 0 Å². The molecular weight excluding hydrogens is 344 g/mol. The average Bonchev–Trinajstić information content (AvgIpc) is 2.68. The number of carbonyl (C=O) groups excluding carboxylic acids is 1. The summed E-state index contributed by atoms with van der Waals surface area (Å²) in [6.07, 6.45) is 0. The molecule has 0 bridgehead atoms. The van der Waals surface area contributed by atoms with E-state index in [9.17, 15) is 14.9 Å². The molecule has 0 saturated heterocycles. The summed E-state index contributed by atoms with van der Waals surface area (Å²) in [4.78, 5) is 23.6. The molecule has 0 fully saturated rings. The number of benzene rings is 3. The maximum absolute atomic E-state index is 12.9. The Morgan fingerprint density at radius 3 is 2.41 bits per heavy atom. The third-order valence-electron chi connectivity index (χ3n) is 4.22. The summed E-state index contributed by atoms with van der Waals surface area (Å²) in [5.74, 6) is 0.258. The molecule has 0 amide bonds. The molecule has 0 heterocycles. The molecule has 3 aromatic carbocycles. The molecule has 0 saturated carbocycles. The van der Waals surface area contributed by atoms with Gasteiger partial charge in [0, 0.05) is 23.4 Å². The van der Waals surface area contributed by atoms with Crippen molar-refractivity contribution in [3.8, 4) is 5.75 Å². The van der Waals surface area contributed by atoms with Crippen LogP contribution in [-0.4, -0.2) is 17.8 Å². The molecule has 0 aliphatic carbocycles. The van der Waals surface area contributed by atoms with E-state index in [1.165, 1.54) is 13.2 Å². The second kappa shape index (κ2) is 7.70. The Morgan fingerprint density at radius 1 is 1.00 bits per heavy atom. The highest BCUT2D eigenvalue weighted by atomic mass is 16.6. The number of nitrogens with one attached hydrogen (secondary N) is 1. The zero-order chi connectivity index (χ0) is 19.4. The zero-order valence-electron chi connectivity index (χ0n) is 14.9. The van der Waals surface area contributed by atoms with Crippen LogP contribution < -0.4 is 10.1 Å². The summed E-state index contributed by atoms with van der Waals surface area (Å²) in [5.41, 5.74) is 2.84. The minimum absolute atomic E-state index is 0.0310. The summed E-state index contributed by atoms with van der Waals surface area (Å²) in [5, 5.41) is 14.2. The van der Waals surface area contributed by atoms with E-state index >= 15 is 0 Å². The normalized spacial score (nSPS) is 10.3. The molecule has 0 aromatic heterocycles. The van der Waals surface area contributed by atoms with Gasteiger partial charge >= 0.3 is 0 Å². The van der Waals surface area contributed by atoms with Gasteiger partial charge in [-0.3, -0.25) is 14.9 Å². The lowest BCUT2D eigenvalue weighted by molar-refractivity contribution is -0.383. The van der Waals surface area contributed by atoms with Crippen molar-refractivity contribution >= 4 is 22.8 Å². The SMILES string of the molecule is COc1cc(Nc2ccccc2[N+](=O)[O-])ccc1C(=O)c1ccccc1C. The minimum Gasteiger partial charge on any atom is -0.496 e. The van der Waals surface area contributed by atoms with Crippen molar-refractivity contribution in [2.24, 2.45) is 0 Å². The van der Waals surface area contributed by atoms with E-state index in [1.54, 1.807) is 42.5 Å². The van der Waals surface area contributed by atoms with Crippen LogP contribution in [0.5, 0.6) is 5.75 Å². The van der Waals surface area contributed by atoms with Crippen molar-refractivity contribution in [2.45, 2.75) is 6.92 Å². The zero-order valence-corrected chi connectivity index (χ0v) is 14.9. The molecule has 136 valence electrons. The van der Waals surface area contributed by atoms with E-state index in [4.69, 9.17) is 4.74 Å². The van der Waals surface area contributed by atoms with Crippen molar-refractivity contribution in [3.63, 3.8) is 0 Å². The van der Waals surface area contributed by atoms with E-state index in [0.717, 1.165) is 5.56 Å². The van der Waals surface area contributed by atoms with Crippen molar-refractivity contribution in [3.05, 3.63) is 93.5 Å². The molecule has 0 aliphatic rings. The third-order valence-corrected chi connectivity index (χ3v) is 4.22. The van der Waals surface area contributed by atoms with Gasteiger partial charge in [-0.1, -0.05) is 36.4 Å². The lowest BCUT2D eigenvalue weighted by Gasteiger charge is -2.13. The van der Waals surface area contributed by atoms with Crippen LogP contribution in [0.15, 0.2) is 66.7 Å². The van der Waals surface area contributed by atoms with Gasteiger partial charge in [0.2, 0.25) is 0 Å². The molecule has 0 atom stereocenters. The van der Waals surface area contributed by atoms with Crippen LogP contribution in [0.1, 0.15) is 21.5 Å². The number of rotatable bonds is 6. The van der Waals surface area contributed by atoms with Crippen LogP contribution in [0.2, 0.25) is 0 Å². The fourth-order valence-corrected chi connectivity index (χ4v) is 2.82. The first-order valence-corrected chi connectivity index (χ1v) is 8.30. The van der Waals surface area contributed by atoms with Gasteiger partial charge in [-0.2, -0.15) is 0 Å². The van der Waals surface area contributed by atoms with Crippen LogP contribution in [0.25, 0.3) is 0 Å². The topological polar surface area (TPSA) is 81.5 Å². The number of nitro groups is 1. The van der Waals surface area contributed by atoms with Crippen LogP contribution in [-0.2, 0) is 0 Å². The standard InChI is InChI=1S/C21H18N2O4/c1-14-7-3-4-8-16(14)21(24)17-12-11-15(13-20(17)27-2)22-18-9-5-6-10-19(18)23(25)26/h3-13,22H,1-2H3. The number of hydrogen-bond acceptors (Lipinski definition) is 5. The van der Waals surface area contributed by atoms with E-state index in [2.05, 4.69) is 5.32 Å². The van der Waals surface area contributed by atoms with Crippen molar-refractivity contribution in [1.29, 1.82) is 0 Å². The molecule has 0 aliphatic heterocycles. The summed E-state index contributed by atoms with van der Waals surface area (Å²) in [6.45, 7) is 1.88. The average molecular weight is 362 g/mol. The Balaban J connectivity index is 1.95. The van der Waals surface area contributed by atoms with Crippen molar-refractivity contribution < 1.29 is 14.5 Å². The van der Waals surface area contributed by atoms with Crippen LogP contribution in [0.4, 0.5) is 17.1 Å². The quantitative estimate of drug-likeness (QED) is 0.384. The predicted molar refractivity (Wildman–Crippen MR) is 104 cm³/mol. The Bertz CT molecular complexity index is 1010. The first-order valence-electron chi connectivity index (χ1n) is 8.30. The third kappa shape index (κ3) is 3.79. The summed E-state index contributed by atoms with van der Waals surface area (Å²) < 4.78 is 5.39. The Hall–Kier alpha value is -3.67. The van der Waals surface area contributed by atoms with Crippen molar-refractivity contribution in [2.75, 3.05) is 12.4 Å². The van der Waals surface area contributed by atoms with E-state index in [0.29, 0.717) is 28.3 Å². The van der Waals surface area contributed by atoms with Crippen molar-refractivity contribution in [1.82, 2.24) is 0 Å². The monoisotopic (exact) mass is 362 g/mol. The van der Waals surface area contributed by atoms with E-state index < -0.39 is 4.92 Å². The number of aryl methyl sites for hydroxylation is 1. The second-order valence-electron chi connectivity index (χ2n) is 5.96. The number of para-hydroxylation sites is 2. The predicted octanol–water partition coefficient (Wildman–Crippen LogP) is 4.89. The first-order chi connectivity index (χ1) is 13.0.